The lowest BCUT2D eigenvalue weighted by Crippen LogP contribution is -2.43. The number of fused-ring (bicyclic) bond motifs is 1. The van der Waals surface area contributed by atoms with E-state index in [4.69, 9.17) is 5.73 Å². The molecule has 1 atom stereocenters. The molecule has 0 aliphatic rings. The third-order valence-electron chi connectivity index (χ3n) is 5.96. The summed E-state index contributed by atoms with van der Waals surface area (Å²) in [5.41, 5.74) is 6.89. The largest absolute Gasteiger partial charge is 0.505 e. The summed E-state index contributed by atoms with van der Waals surface area (Å²) in [7, 11) is 1.67. The van der Waals surface area contributed by atoms with Gasteiger partial charge in [-0.2, -0.15) is 0 Å². The Kier molecular flexibility index (Phi) is 11.8. The summed E-state index contributed by atoms with van der Waals surface area (Å²) in [5.74, 6) is -1.09. The molecule has 0 aliphatic carbocycles. The van der Waals surface area contributed by atoms with Gasteiger partial charge in [0.25, 0.3) is 0 Å². The molecule has 1 unspecified atom stereocenters. The quantitative estimate of drug-likeness (QED) is 0.339. The highest BCUT2D eigenvalue weighted by Gasteiger charge is 2.20. The van der Waals surface area contributed by atoms with E-state index in [9.17, 15) is 19.1 Å². The van der Waals surface area contributed by atoms with Crippen LogP contribution >= 0.6 is 0 Å². The van der Waals surface area contributed by atoms with Crippen molar-refractivity contribution in [2.75, 3.05) is 13.6 Å². The Morgan fingerprint density at radius 1 is 1.11 bits per heavy atom. The lowest BCUT2D eigenvalue weighted by Gasteiger charge is -2.28. The van der Waals surface area contributed by atoms with Crippen molar-refractivity contribution in [1.82, 2.24) is 15.2 Å². The molecule has 3 aromatic rings. The highest BCUT2D eigenvalue weighted by atomic mass is 19.1. The molecular formula is C28H37FN4O3. The monoisotopic (exact) mass is 496 g/mol. The number of phenols is 1. The number of amides is 2. The average molecular weight is 497 g/mol. The number of phenolic OH excluding ortho intramolecular Hbond substituents is 1. The van der Waals surface area contributed by atoms with Gasteiger partial charge < -0.3 is 25.9 Å². The number of Topliss-reactive ketones (excluding diaryl/α,β-unsaturated/α-hetero) is 1. The fourth-order valence-electron chi connectivity index (χ4n) is 3.78. The molecular weight excluding hydrogens is 459 g/mol. The zero-order chi connectivity index (χ0) is 26.5. The third kappa shape index (κ3) is 9.26. The number of urea groups is 1. The Balaban J connectivity index is 0.000000340. The maximum atomic E-state index is 13.3. The summed E-state index contributed by atoms with van der Waals surface area (Å²) in [5, 5.41) is 14.8. The molecule has 0 saturated carbocycles. The number of halogens is 1. The normalized spacial score (nSPS) is 11.4. The van der Waals surface area contributed by atoms with E-state index in [2.05, 4.69) is 28.5 Å². The standard InChI is InChI=1S/C18H28FN3O3.C10H9N/c1-13(23)9-10-15(7-3-4-11-20)22(2)18(25)21-12-14-6-5-8-16(19)17(14)24;1-8-6-9-4-2-3-5-10(9)7-11-8/h5-6,8,15,24H,3-4,7,9-12,20H2,1-2H3,(H,21,25);2-7H,1H3. The molecule has 1 heterocycles. The van der Waals surface area contributed by atoms with Crippen LogP contribution in [0.3, 0.4) is 0 Å². The number of hydrogen-bond donors (Lipinski definition) is 3. The van der Waals surface area contributed by atoms with Crippen molar-refractivity contribution >= 4 is 22.6 Å². The Morgan fingerprint density at radius 2 is 1.83 bits per heavy atom. The van der Waals surface area contributed by atoms with Crippen molar-refractivity contribution in [3.63, 3.8) is 0 Å². The van der Waals surface area contributed by atoms with Gasteiger partial charge in [-0.3, -0.25) is 4.98 Å². The predicted molar refractivity (Wildman–Crippen MR) is 141 cm³/mol. The van der Waals surface area contributed by atoms with Gasteiger partial charge in [0.2, 0.25) is 0 Å². The average Bonchev–Trinajstić information content (AvgIpc) is 2.86. The maximum absolute atomic E-state index is 13.3. The fourth-order valence-corrected chi connectivity index (χ4v) is 3.78. The molecule has 7 nitrogen and oxygen atoms in total. The molecule has 0 saturated heterocycles. The van der Waals surface area contributed by atoms with Crippen LogP contribution in [0.2, 0.25) is 0 Å². The maximum Gasteiger partial charge on any atom is 0.317 e. The summed E-state index contributed by atoms with van der Waals surface area (Å²) in [6, 6.07) is 14.1. The van der Waals surface area contributed by atoms with Crippen LogP contribution < -0.4 is 11.1 Å². The van der Waals surface area contributed by atoms with Gasteiger partial charge in [-0.25, -0.2) is 9.18 Å². The molecule has 0 bridgehead atoms. The fraction of sp³-hybridized carbons (Fsp3) is 0.393. The molecule has 194 valence electrons. The first-order chi connectivity index (χ1) is 17.2. The molecule has 4 N–H and O–H groups in total. The first-order valence-electron chi connectivity index (χ1n) is 12.2. The van der Waals surface area contributed by atoms with Crippen molar-refractivity contribution < 1.29 is 19.1 Å². The summed E-state index contributed by atoms with van der Waals surface area (Å²) >= 11 is 0. The van der Waals surface area contributed by atoms with Crippen LogP contribution in [0.15, 0.2) is 54.7 Å². The van der Waals surface area contributed by atoms with Gasteiger partial charge in [0.15, 0.2) is 11.6 Å². The number of aromatic nitrogens is 1. The molecule has 0 spiro atoms. The summed E-state index contributed by atoms with van der Waals surface area (Å²) in [6.45, 7) is 4.15. The van der Waals surface area contributed by atoms with Gasteiger partial charge in [0.05, 0.1) is 0 Å². The van der Waals surface area contributed by atoms with Crippen LogP contribution in [0, 0.1) is 12.7 Å². The number of nitrogens with zero attached hydrogens (tertiary/aromatic N) is 2. The predicted octanol–water partition coefficient (Wildman–Crippen LogP) is 5.08. The van der Waals surface area contributed by atoms with Gasteiger partial charge in [0.1, 0.15) is 5.78 Å². The summed E-state index contributed by atoms with van der Waals surface area (Å²) < 4.78 is 13.3. The molecule has 2 aromatic carbocycles. The third-order valence-corrected chi connectivity index (χ3v) is 5.96. The minimum atomic E-state index is -0.721. The second-order valence-electron chi connectivity index (χ2n) is 8.87. The molecule has 0 radical (unpaired) electrons. The molecule has 3 rings (SSSR count). The lowest BCUT2D eigenvalue weighted by molar-refractivity contribution is -0.117. The van der Waals surface area contributed by atoms with Crippen LogP contribution in [0.1, 0.15) is 50.3 Å². The number of aryl methyl sites for hydroxylation is 1. The number of para-hydroxylation sites is 1. The molecule has 0 aliphatic heterocycles. The summed E-state index contributed by atoms with van der Waals surface area (Å²) in [6.07, 6.45) is 5.42. The zero-order valence-corrected chi connectivity index (χ0v) is 21.3. The van der Waals surface area contributed by atoms with Gasteiger partial charge in [-0.1, -0.05) is 42.8 Å². The molecule has 1 aromatic heterocycles. The molecule has 8 heteroatoms. The summed E-state index contributed by atoms with van der Waals surface area (Å²) in [4.78, 5) is 29.4. The second-order valence-corrected chi connectivity index (χ2v) is 8.87. The second kappa shape index (κ2) is 14.8. The van der Waals surface area contributed by atoms with E-state index >= 15 is 0 Å². The number of nitrogens with one attached hydrogen (secondary N) is 1. The van der Waals surface area contributed by atoms with Crippen molar-refractivity contribution in [2.24, 2.45) is 5.73 Å². The molecule has 36 heavy (non-hydrogen) atoms. The number of nitrogens with two attached hydrogens (primary N) is 1. The van der Waals surface area contributed by atoms with E-state index in [0.29, 0.717) is 24.9 Å². The number of ketones is 1. The van der Waals surface area contributed by atoms with E-state index < -0.39 is 11.6 Å². The van der Waals surface area contributed by atoms with E-state index in [-0.39, 0.29) is 24.4 Å². The number of unbranched alkanes of at least 4 members (excludes halogenated alkanes) is 1. The highest BCUT2D eigenvalue weighted by molar-refractivity contribution is 5.81. The number of pyridine rings is 1. The van der Waals surface area contributed by atoms with Crippen LogP contribution in [-0.2, 0) is 11.3 Å². The number of aromatic hydroxyl groups is 1. The smallest absolute Gasteiger partial charge is 0.317 e. The number of benzene rings is 2. The van der Waals surface area contributed by atoms with Crippen LogP contribution in [0.25, 0.3) is 10.8 Å². The Bertz CT molecular complexity index is 1140. The zero-order valence-electron chi connectivity index (χ0n) is 21.3. The Morgan fingerprint density at radius 3 is 2.53 bits per heavy atom. The van der Waals surface area contributed by atoms with Gasteiger partial charge in [-0.05, 0) is 57.2 Å². The highest BCUT2D eigenvalue weighted by Crippen LogP contribution is 2.20. The Labute approximate surface area is 212 Å². The molecule has 2 amide bonds. The first-order valence-corrected chi connectivity index (χ1v) is 12.2. The first kappa shape index (κ1) is 28.7. The van der Waals surface area contributed by atoms with Crippen LogP contribution in [-0.4, -0.2) is 46.4 Å². The lowest BCUT2D eigenvalue weighted by atomic mass is 10.0. The van der Waals surface area contributed by atoms with Crippen molar-refractivity contribution in [2.45, 2.75) is 58.5 Å². The van der Waals surface area contributed by atoms with Gasteiger partial charge >= 0.3 is 6.03 Å². The van der Waals surface area contributed by atoms with E-state index in [1.54, 1.807) is 18.0 Å². The number of hydrogen-bond acceptors (Lipinski definition) is 5. The van der Waals surface area contributed by atoms with E-state index in [1.807, 2.05) is 25.3 Å². The van der Waals surface area contributed by atoms with Crippen LogP contribution in [0.4, 0.5) is 9.18 Å². The van der Waals surface area contributed by atoms with E-state index in [0.717, 1.165) is 31.0 Å². The number of carbonyl (C=O) groups is 2. The topological polar surface area (TPSA) is 109 Å². The van der Waals surface area contributed by atoms with Crippen molar-refractivity contribution in [1.29, 1.82) is 0 Å². The Hall–Kier alpha value is -3.52. The number of rotatable bonds is 10. The van der Waals surface area contributed by atoms with Crippen LogP contribution in [0.5, 0.6) is 5.75 Å². The van der Waals surface area contributed by atoms with Crippen molar-refractivity contribution in [3.8, 4) is 5.75 Å². The van der Waals surface area contributed by atoms with E-state index in [1.165, 1.54) is 23.8 Å². The molecule has 0 fully saturated rings. The van der Waals surface area contributed by atoms with Gasteiger partial charge in [-0.15, -0.1) is 0 Å². The SMILES string of the molecule is CC(=O)CCC(CCCCN)N(C)C(=O)NCc1cccc(F)c1O.Cc1cc2ccccc2cn1. The minimum Gasteiger partial charge on any atom is -0.505 e. The van der Waals surface area contributed by atoms with Gasteiger partial charge in [0, 0.05) is 48.9 Å². The van der Waals surface area contributed by atoms with Crippen molar-refractivity contribution in [3.05, 3.63) is 71.8 Å². The number of carbonyl (C=O) groups excluding carboxylic acids is 2. The minimum absolute atomic E-state index is 0.0228.